The van der Waals surface area contributed by atoms with Gasteiger partial charge in [0.2, 0.25) is 10.0 Å². The second kappa shape index (κ2) is 5.26. The van der Waals surface area contributed by atoms with E-state index >= 15 is 0 Å². The van der Waals surface area contributed by atoms with Crippen LogP contribution in [0.4, 0.5) is 0 Å². The molecule has 1 aromatic rings. The fourth-order valence-electron chi connectivity index (χ4n) is 3.02. The summed E-state index contributed by atoms with van der Waals surface area (Å²) in [5, 5.41) is 3.26. The van der Waals surface area contributed by atoms with Gasteiger partial charge in [0.1, 0.15) is 5.75 Å². The third-order valence-corrected chi connectivity index (χ3v) is 5.66. The molecular weight excluding hydrogens is 288 g/mol. The minimum Gasteiger partial charge on any atom is -0.491 e. The molecule has 1 saturated heterocycles. The molecule has 2 unspecified atom stereocenters. The van der Waals surface area contributed by atoms with Gasteiger partial charge in [-0.2, -0.15) is 0 Å². The SMILES string of the molecule is Cc1cc(S(=O)(=O)NC2C3CNCC32)ccc1OC(C)C. The Bertz CT molecular complexity index is 632. The quantitative estimate of drug-likeness (QED) is 0.860. The van der Waals surface area contributed by atoms with Gasteiger partial charge in [-0.1, -0.05) is 0 Å². The molecule has 6 heteroatoms. The minimum absolute atomic E-state index is 0.0719. The molecule has 0 bridgehead atoms. The van der Waals surface area contributed by atoms with Crippen LogP contribution < -0.4 is 14.8 Å². The molecule has 1 heterocycles. The Hall–Kier alpha value is -1.11. The first-order chi connectivity index (χ1) is 9.88. The summed E-state index contributed by atoms with van der Waals surface area (Å²) in [6, 6.07) is 5.13. The van der Waals surface area contributed by atoms with Gasteiger partial charge in [0.25, 0.3) is 0 Å². The van der Waals surface area contributed by atoms with E-state index in [1.807, 2.05) is 20.8 Å². The standard InChI is InChI=1S/C15H22N2O3S/c1-9(2)20-14-5-4-11(6-10(14)3)21(18,19)17-15-12-7-16-8-13(12)15/h4-6,9,12-13,15-17H,7-8H2,1-3H3. The topological polar surface area (TPSA) is 67.4 Å². The largest absolute Gasteiger partial charge is 0.491 e. The predicted molar refractivity (Wildman–Crippen MR) is 80.9 cm³/mol. The zero-order valence-electron chi connectivity index (χ0n) is 12.6. The molecule has 1 aromatic carbocycles. The minimum atomic E-state index is -3.44. The zero-order valence-corrected chi connectivity index (χ0v) is 13.4. The van der Waals surface area contributed by atoms with Crippen molar-refractivity contribution < 1.29 is 13.2 Å². The summed E-state index contributed by atoms with van der Waals surface area (Å²) >= 11 is 0. The molecule has 2 atom stereocenters. The average Bonchev–Trinajstić information content (AvgIpc) is 2.85. The van der Waals surface area contributed by atoms with Crippen molar-refractivity contribution in [3.63, 3.8) is 0 Å². The second-order valence-corrected chi connectivity index (χ2v) is 7.94. The smallest absolute Gasteiger partial charge is 0.240 e. The molecule has 0 amide bonds. The van der Waals surface area contributed by atoms with Crippen LogP contribution >= 0.6 is 0 Å². The van der Waals surface area contributed by atoms with Crippen molar-refractivity contribution in [2.45, 2.75) is 37.8 Å². The van der Waals surface area contributed by atoms with E-state index in [9.17, 15) is 8.42 Å². The average molecular weight is 310 g/mol. The maximum atomic E-state index is 12.4. The molecule has 0 spiro atoms. The van der Waals surface area contributed by atoms with E-state index in [2.05, 4.69) is 10.0 Å². The molecule has 2 N–H and O–H groups in total. The van der Waals surface area contributed by atoms with Gasteiger partial charge in [-0.3, -0.25) is 0 Å². The number of piperidine rings is 1. The maximum absolute atomic E-state index is 12.4. The Morgan fingerprint density at radius 1 is 1.29 bits per heavy atom. The van der Waals surface area contributed by atoms with Crippen LogP contribution in [0.25, 0.3) is 0 Å². The normalized spacial score (nSPS) is 27.7. The monoisotopic (exact) mass is 310 g/mol. The molecule has 1 aliphatic heterocycles. The van der Waals surface area contributed by atoms with Crippen LogP contribution in [0.2, 0.25) is 0 Å². The second-order valence-electron chi connectivity index (χ2n) is 6.23. The van der Waals surface area contributed by atoms with Crippen LogP contribution in [0.3, 0.4) is 0 Å². The number of rotatable bonds is 5. The summed E-state index contributed by atoms with van der Waals surface area (Å²) in [4.78, 5) is 0.314. The van der Waals surface area contributed by atoms with E-state index in [4.69, 9.17) is 4.74 Å². The van der Waals surface area contributed by atoms with E-state index in [1.54, 1.807) is 18.2 Å². The van der Waals surface area contributed by atoms with Crippen molar-refractivity contribution in [1.82, 2.24) is 10.0 Å². The van der Waals surface area contributed by atoms with Crippen molar-refractivity contribution in [1.29, 1.82) is 0 Å². The van der Waals surface area contributed by atoms with Gasteiger partial charge >= 0.3 is 0 Å². The number of hydrogen-bond acceptors (Lipinski definition) is 4. The van der Waals surface area contributed by atoms with Crippen molar-refractivity contribution in [2.75, 3.05) is 13.1 Å². The third kappa shape index (κ3) is 2.93. The molecule has 0 aromatic heterocycles. The Morgan fingerprint density at radius 2 is 1.95 bits per heavy atom. The summed E-state index contributed by atoms with van der Waals surface area (Å²) in [5.74, 6) is 1.66. The Balaban J connectivity index is 1.75. The molecule has 0 radical (unpaired) electrons. The highest BCUT2D eigenvalue weighted by atomic mass is 32.2. The van der Waals surface area contributed by atoms with Crippen LogP contribution in [0.5, 0.6) is 5.75 Å². The number of aryl methyl sites for hydroxylation is 1. The highest BCUT2D eigenvalue weighted by molar-refractivity contribution is 7.89. The summed E-state index contributed by atoms with van der Waals surface area (Å²) in [6.45, 7) is 7.60. The van der Waals surface area contributed by atoms with Gasteiger partial charge in [-0.05, 0) is 69.5 Å². The van der Waals surface area contributed by atoms with Crippen LogP contribution in [0.1, 0.15) is 19.4 Å². The first-order valence-corrected chi connectivity index (χ1v) is 8.87. The van der Waals surface area contributed by atoms with E-state index in [0.29, 0.717) is 16.7 Å². The summed E-state index contributed by atoms with van der Waals surface area (Å²) in [6.07, 6.45) is 0.0719. The predicted octanol–water partition coefficient (Wildman–Crippen LogP) is 1.28. The number of ether oxygens (including phenoxy) is 1. The van der Waals surface area contributed by atoms with Gasteiger partial charge in [-0.25, -0.2) is 13.1 Å². The van der Waals surface area contributed by atoms with Crippen molar-refractivity contribution in [3.8, 4) is 5.75 Å². The van der Waals surface area contributed by atoms with Gasteiger partial charge < -0.3 is 10.1 Å². The number of sulfonamides is 1. The lowest BCUT2D eigenvalue weighted by atomic mass is 10.2. The molecule has 21 heavy (non-hydrogen) atoms. The number of fused-ring (bicyclic) bond motifs is 1. The Morgan fingerprint density at radius 3 is 2.52 bits per heavy atom. The highest BCUT2D eigenvalue weighted by Crippen LogP contribution is 2.42. The maximum Gasteiger partial charge on any atom is 0.240 e. The fourth-order valence-corrected chi connectivity index (χ4v) is 4.44. The van der Waals surface area contributed by atoms with E-state index < -0.39 is 10.0 Å². The van der Waals surface area contributed by atoms with Crippen LogP contribution in [-0.2, 0) is 10.0 Å². The van der Waals surface area contributed by atoms with E-state index in [1.165, 1.54) is 0 Å². The van der Waals surface area contributed by atoms with Crippen LogP contribution in [0, 0.1) is 18.8 Å². The van der Waals surface area contributed by atoms with Crippen LogP contribution in [0.15, 0.2) is 23.1 Å². The molecule has 3 rings (SSSR count). The summed E-state index contributed by atoms with van der Waals surface area (Å²) in [5.41, 5.74) is 0.837. The Kier molecular flexibility index (Phi) is 3.71. The van der Waals surface area contributed by atoms with Crippen molar-refractivity contribution >= 4 is 10.0 Å². The van der Waals surface area contributed by atoms with E-state index in [-0.39, 0.29) is 12.1 Å². The molecule has 1 saturated carbocycles. The molecule has 5 nitrogen and oxygen atoms in total. The van der Waals surface area contributed by atoms with Gasteiger partial charge in [-0.15, -0.1) is 0 Å². The first kappa shape index (κ1) is 14.8. The zero-order chi connectivity index (χ0) is 15.2. The number of hydrogen-bond donors (Lipinski definition) is 2. The molecule has 2 fully saturated rings. The van der Waals surface area contributed by atoms with E-state index in [0.717, 1.165) is 24.4 Å². The lowest BCUT2D eigenvalue weighted by Gasteiger charge is -2.14. The molecular formula is C15H22N2O3S. The summed E-state index contributed by atoms with van der Waals surface area (Å²) in [7, 11) is -3.44. The lowest BCUT2D eigenvalue weighted by molar-refractivity contribution is 0.240. The molecule has 116 valence electrons. The fraction of sp³-hybridized carbons (Fsp3) is 0.600. The van der Waals surface area contributed by atoms with Gasteiger partial charge in [0.05, 0.1) is 11.0 Å². The van der Waals surface area contributed by atoms with Gasteiger partial charge in [0, 0.05) is 6.04 Å². The first-order valence-electron chi connectivity index (χ1n) is 7.39. The third-order valence-electron chi connectivity index (χ3n) is 4.20. The molecule has 2 aliphatic rings. The number of benzene rings is 1. The van der Waals surface area contributed by atoms with Crippen molar-refractivity contribution in [3.05, 3.63) is 23.8 Å². The van der Waals surface area contributed by atoms with Crippen molar-refractivity contribution in [2.24, 2.45) is 11.8 Å². The van der Waals surface area contributed by atoms with Gasteiger partial charge in [0.15, 0.2) is 0 Å². The molecule has 1 aliphatic carbocycles. The highest BCUT2D eigenvalue weighted by Gasteiger charge is 2.54. The lowest BCUT2D eigenvalue weighted by Crippen LogP contribution is -2.32. The Labute approximate surface area is 126 Å². The number of nitrogens with one attached hydrogen (secondary N) is 2. The summed E-state index contributed by atoms with van der Waals surface area (Å²) < 4.78 is 33.3. The van der Waals surface area contributed by atoms with Crippen LogP contribution in [-0.4, -0.2) is 33.7 Å².